The lowest BCUT2D eigenvalue weighted by atomic mass is 10.0. The second kappa shape index (κ2) is 6.57. The number of nitrogens with one attached hydrogen (secondary N) is 1. The van der Waals surface area contributed by atoms with Crippen molar-refractivity contribution in [1.29, 1.82) is 0 Å². The van der Waals surface area contributed by atoms with Crippen molar-refractivity contribution in [3.8, 4) is 5.75 Å². The topological polar surface area (TPSA) is 21.3 Å². The van der Waals surface area contributed by atoms with Crippen molar-refractivity contribution in [1.82, 2.24) is 0 Å². The maximum Gasteiger partial charge on any atom is 0.387 e. The minimum absolute atomic E-state index is 0.0751. The Balaban J connectivity index is 2.09. The van der Waals surface area contributed by atoms with Crippen LogP contribution in [0.1, 0.15) is 29.7 Å². The van der Waals surface area contributed by atoms with Gasteiger partial charge in [0.05, 0.1) is 0 Å². The van der Waals surface area contributed by atoms with Gasteiger partial charge in [-0.15, -0.1) is 0 Å². The number of aryl methyl sites for hydroxylation is 1. The van der Waals surface area contributed by atoms with Crippen LogP contribution in [0.25, 0.3) is 0 Å². The molecule has 0 amide bonds. The van der Waals surface area contributed by atoms with Gasteiger partial charge < -0.3 is 10.1 Å². The monoisotopic (exact) mass is 291 g/mol. The minimum atomic E-state index is -2.79. The Kier molecular flexibility index (Phi) is 4.78. The molecule has 21 heavy (non-hydrogen) atoms. The Morgan fingerprint density at radius 2 is 1.67 bits per heavy atom. The third-order valence-corrected chi connectivity index (χ3v) is 3.58. The lowest BCUT2D eigenvalue weighted by molar-refractivity contribution is -0.0498. The highest BCUT2D eigenvalue weighted by atomic mass is 19.3. The second-order valence-electron chi connectivity index (χ2n) is 5.06. The third kappa shape index (κ3) is 3.94. The van der Waals surface area contributed by atoms with Crippen molar-refractivity contribution < 1.29 is 13.5 Å². The average Bonchev–Trinajstić information content (AvgIpc) is 2.44. The average molecular weight is 291 g/mol. The van der Waals surface area contributed by atoms with Gasteiger partial charge in [0, 0.05) is 11.7 Å². The molecule has 4 heteroatoms. The minimum Gasteiger partial charge on any atom is -0.435 e. The quantitative estimate of drug-likeness (QED) is 0.829. The summed E-state index contributed by atoms with van der Waals surface area (Å²) in [6, 6.07) is 12.9. The van der Waals surface area contributed by atoms with Crippen molar-refractivity contribution in [2.45, 2.75) is 33.4 Å². The van der Waals surface area contributed by atoms with E-state index in [4.69, 9.17) is 0 Å². The molecule has 1 N–H and O–H groups in total. The van der Waals surface area contributed by atoms with Crippen molar-refractivity contribution in [2.24, 2.45) is 0 Å². The highest BCUT2D eigenvalue weighted by Crippen LogP contribution is 2.25. The molecule has 112 valence electrons. The van der Waals surface area contributed by atoms with Crippen LogP contribution >= 0.6 is 0 Å². The van der Waals surface area contributed by atoms with Gasteiger partial charge in [0.15, 0.2) is 0 Å². The van der Waals surface area contributed by atoms with Gasteiger partial charge in [0.1, 0.15) is 5.75 Å². The number of anilines is 1. The number of alkyl halides is 2. The molecule has 2 rings (SSSR count). The molecule has 2 aromatic carbocycles. The van der Waals surface area contributed by atoms with Crippen LogP contribution in [0, 0.1) is 13.8 Å². The largest absolute Gasteiger partial charge is 0.435 e. The first-order valence-corrected chi connectivity index (χ1v) is 6.85. The Labute approximate surface area is 123 Å². The fourth-order valence-corrected chi connectivity index (χ4v) is 2.16. The molecule has 2 aromatic rings. The summed E-state index contributed by atoms with van der Waals surface area (Å²) in [5.74, 6) is 0.174. The first-order chi connectivity index (χ1) is 9.97. The molecule has 0 saturated heterocycles. The number of rotatable bonds is 5. The molecule has 0 spiro atoms. The van der Waals surface area contributed by atoms with Gasteiger partial charge in [-0.2, -0.15) is 8.78 Å². The van der Waals surface area contributed by atoms with E-state index in [-0.39, 0.29) is 11.8 Å². The predicted molar refractivity (Wildman–Crippen MR) is 81.0 cm³/mol. The standard InChI is InChI=1S/C17H19F2NO/c1-11-5-4-6-16(12(11)2)20-13(3)14-7-9-15(10-8-14)21-17(18)19/h4-10,13,17,20H,1-3H3. The van der Waals surface area contributed by atoms with E-state index < -0.39 is 6.61 Å². The Morgan fingerprint density at radius 1 is 1.00 bits per heavy atom. The molecule has 0 heterocycles. The van der Waals surface area contributed by atoms with E-state index >= 15 is 0 Å². The van der Waals surface area contributed by atoms with Crippen LogP contribution in [0.2, 0.25) is 0 Å². The lowest BCUT2D eigenvalue weighted by Gasteiger charge is -2.18. The van der Waals surface area contributed by atoms with Crippen molar-refractivity contribution >= 4 is 5.69 Å². The normalized spacial score (nSPS) is 12.3. The molecule has 0 aliphatic rings. The summed E-state index contributed by atoms with van der Waals surface area (Å²) in [4.78, 5) is 0. The van der Waals surface area contributed by atoms with Crippen LogP contribution in [-0.4, -0.2) is 6.61 Å². The molecule has 1 atom stereocenters. The van der Waals surface area contributed by atoms with Crippen molar-refractivity contribution in [2.75, 3.05) is 5.32 Å². The zero-order valence-corrected chi connectivity index (χ0v) is 12.4. The third-order valence-electron chi connectivity index (χ3n) is 3.58. The fraction of sp³-hybridized carbons (Fsp3) is 0.294. The van der Waals surface area contributed by atoms with Crippen molar-refractivity contribution in [3.63, 3.8) is 0 Å². The maximum absolute atomic E-state index is 12.1. The first-order valence-electron chi connectivity index (χ1n) is 6.85. The van der Waals surface area contributed by atoms with E-state index in [1.54, 1.807) is 24.3 Å². The zero-order valence-electron chi connectivity index (χ0n) is 12.4. The Morgan fingerprint density at radius 3 is 2.29 bits per heavy atom. The molecule has 2 nitrogen and oxygen atoms in total. The maximum atomic E-state index is 12.1. The van der Waals surface area contributed by atoms with E-state index in [9.17, 15) is 8.78 Å². The van der Waals surface area contributed by atoms with Gasteiger partial charge in [0.25, 0.3) is 0 Å². The molecule has 0 aliphatic heterocycles. The van der Waals surface area contributed by atoms with E-state index in [1.807, 2.05) is 19.1 Å². The van der Waals surface area contributed by atoms with Gasteiger partial charge in [-0.25, -0.2) is 0 Å². The molecule has 0 bridgehead atoms. The number of hydrogen-bond donors (Lipinski definition) is 1. The van der Waals surface area contributed by atoms with Crippen LogP contribution < -0.4 is 10.1 Å². The summed E-state index contributed by atoms with van der Waals surface area (Å²) in [5, 5.41) is 3.44. The van der Waals surface area contributed by atoms with Gasteiger partial charge in [-0.3, -0.25) is 0 Å². The van der Waals surface area contributed by atoms with E-state index in [0.717, 1.165) is 11.3 Å². The number of hydrogen-bond acceptors (Lipinski definition) is 2. The molecular weight excluding hydrogens is 272 g/mol. The van der Waals surface area contributed by atoms with E-state index in [0.29, 0.717) is 0 Å². The van der Waals surface area contributed by atoms with Crippen LogP contribution in [0.4, 0.5) is 14.5 Å². The highest BCUT2D eigenvalue weighted by Gasteiger charge is 2.09. The van der Waals surface area contributed by atoms with Crippen molar-refractivity contribution in [3.05, 3.63) is 59.2 Å². The Hall–Kier alpha value is -2.10. The lowest BCUT2D eigenvalue weighted by Crippen LogP contribution is -2.08. The Bertz CT molecular complexity index is 596. The summed E-state index contributed by atoms with van der Waals surface area (Å²) in [6.07, 6.45) is 0. The summed E-state index contributed by atoms with van der Waals surface area (Å²) in [5.41, 5.74) is 4.53. The van der Waals surface area contributed by atoms with Crippen LogP contribution in [0.5, 0.6) is 5.75 Å². The molecule has 0 aliphatic carbocycles. The number of benzene rings is 2. The van der Waals surface area contributed by atoms with Gasteiger partial charge in [0.2, 0.25) is 0 Å². The van der Waals surface area contributed by atoms with E-state index in [2.05, 4.69) is 30.0 Å². The van der Waals surface area contributed by atoms with Crippen LogP contribution in [-0.2, 0) is 0 Å². The zero-order chi connectivity index (χ0) is 15.4. The summed E-state index contributed by atoms with van der Waals surface area (Å²) < 4.78 is 28.6. The number of halogens is 2. The SMILES string of the molecule is Cc1cccc(NC(C)c2ccc(OC(F)F)cc2)c1C. The molecule has 1 unspecified atom stereocenters. The molecule has 0 aromatic heterocycles. The van der Waals surface area contributed by atoms with Crippen LogP contribution in [0.15, 0.2) is 42.5 Å². The highest BCUT2D eigenvalue weighted by molar-refractivity contribution is 5.55. The predicted octanol–water partition coefficient (Wildman–Crippen LogP) is 5.08. The van der Waals surface area contributed by atoms with Crippen LogP contribution in [0.3, 0.4) is 0 Å². The van der Waals surface area contributed by atoms with Gasteiger partial charge in [-0.1, -0.05) is 24.3 Å². The first kappa shape index (κ1) is 15.3. The summed E-state index contributed by atoms with van der Waals surface area (Å²) in [6.45, 7) is 3.39. The summed E-state index contributed by atoms with van der Waals surface area (Å²) in [7, 11) is 0. The van der Waals surface area contributed by atoms with Gasteiger partial charge >= 0.3 is 6.61 Å². The second-order valence-corrected chi connectivity index (χ2v) is 5.06. The molecule has 0 fully saturated rings. The van der Waals surface area contributed by atoms with E-state index in [1.165, 1.54) is 11.1 Å². The smallest absolute Gasteiger partial charge is 0.387 e. The molecule has 0 saturated carbocycles. The number of ether oxygens (including phenoxy) is 1. The van der Waals surface area contributed by atoms with Gasteiger partial charge in [-0.05, 0) is 55.7 Å². The summed E-state index contributed by atoms with van der Waals surface area (Å²) >= 11 is 0. The molecule has 0 radical (unpaired) electrons. The fourth-order valence-electron chi connectivity index (χ4n) is 2.16. The molecular formula is C17H19F2NO.